The van der Waals surface area contributed by atoms with E-state index in [2.05, 4.69) is 25.5 Å². The predicted molar refractivity (Wildman–Crippen MR) is 72.0 cm³/mol. The van der Waals surface area contributed by atoms with Gasteiger partial charge in [0.1, 0.15) is 17.1 Å². The first-order valence-corrected chi connectivity index (χ1v) is 6.22. The van der Waals surface area contributed by atoms with Crippen molar-refractivity contribution in [3.63, 3.8) is 0 Å². The van der Waals surface area contributed by atoms with Gasteiger partial charge in [-0.25, -0.2) is 4.79 Å². The van der Waals surface area contributed by atoms with Gasteiger partial charge in [-0.1, -0.05) is 13.8 Å². The van der Waals surface area contributed by atoms with Crippen molar-refractivity contribution in [3.05, 3.63) is 23.8 Å². The number of aromatic amines is 1. The normalized spacial score (nSPS) is 12.4. The number of methoxy groups -OCH3 is 1. The van der Waals surface area contributed by atoms with Crippen molar-refractivity contribution in [1.29, 1.82) is 0 Å². The van der Waals surface area contributed by atoms with Gasteiger partial charge >= 0.3 is 5.97 Å². The van der Waals surface area contributed by atoms with E-state index >= 15 is 0 Å². The summed E-state index contributed by atoms with van der Waals surface area (Å²) < 4.78 is 4.69. The minimum Gasteiger partial charge on any atom is -0.467 e. The molecule has 2 rings (SSSR count). The summed E-state index contributed by atoms with van der Waals surface area (Å²) in [5.41, 5.74) is 1.69. The molecule has 0 aliphatic rings. The maximum atomic E-state index is 12.2. The molecule has 1 unspecified atom stereocenters. The van der Waals surface area contributed by atoms with E-state index in [1.54, 1.807) is 18.2 Å². The predicted octanol–water partition coefficient (Wildman–Crippen LogP) is 0.885. The van der Waals surface area contributed by atoms with Crippen LogP contribution in [0.2, 0.25) is 0 Å². The van der Waals surface area contributed by atoms with E-state index in [9.17, 15) is 9.59 Å². The van der Waals surface area contributed by atoms with Gasteiger partial charge in [0.25, 0.3) is 5.91 Å². The molecule has 0 bridgehead atoms. The molecule has 0 radical (unpaired) electrons. The summed E-state index contributed by atoms with van der Waals surface area (Å²) in [5, 5.41) is 13.0. The quantitative estimate of drug-likeness (QED) is 0.808. The number of hydrogen-bond acceptors (Lipinski definition) is 5. The third kappa shape index (κ3) is 2.76. The molecule has 1 amide bonds. The first kappa shape index (κ1) is 14.0. The molecule has 0 fully saturated rings. The summed E-state index contributed by atoms with van der Waals surface area (Å²) in [6.07, 6.45) is 0. The van der Waals surface area contributed by atoms with Gasteiger partial charge in [-0.15, -0.1) is 0 Å². The molecule has 0 saturated carbocycles. The minimum atomic E-state index is -0.680. The Hall–Kier alpha value is -2.44. The van der Waals surface area contributed by atoms with Gasteiger partial charge in [0.15, 0.2) is 0 Å². The smallest absolute Gasteiger partial charge is 0.328 e. The standard InChI is InChI=1S/C13H16N4O3/c1-7(2)11(13(19)20-3)14-12(18)8-4-5-9-10(6-8)16-17-15-9/h4-7,11H,1-3H3,(H,14,18)(H,15,16,17). The average Bonchev–Trinajstić information content (AvgIpc) is 2.90. The average molecular weight is 276 g/mol. The van der Waals surface area contributed by atoms with Crippen LogP contribution in [0.4, 0.5) is 0 Å². The number of ether oxygens (including phenoxy) is 1. The first-order valence-electron chi connectivity index (χ1n) is 6.22. The van der Waals surface area contributed by atoms with Crippen LogP contribution in [0.1, 0.15) is 24.2 Å². The topological polar surface area (TPSA) is 97.0 Å². The highest BCUT2D eigenvalue weighted by atomic mass is 16.5. The fourth-order valence-electron chi connectivity index (χ4n) is 1.83. The molecule has 2 aromatic rings. The third-order valence-electron chi connectivity index (χ3n) is 2.99. The van der Waals surface area contributed by atoms with Crippen LogP contribution in [0.5, 0.6) is 0 Å². The second kappa shape index (κ2) is 5.68. The largest absolute Gasteiger partial charge is 0.467 e. The van der Waals surface area contributed by atoms with Crippen molar-refractivity contribution in [2.24, 2.45) is 5.92 Å². The Labute approximate surface area is 115 Å². The van der Waals surface area contributed by atoms with Crippen LogP contribution in [-0.4, -0.2) is 40.4 Å². The van der Waals surface area contributed by atoms with Crippen molar-refractivity contribution in [1.82, 2.24) is 20.7 Å². The van der Waals surface area contributed by atoms with Gasteiger partial charge in [-0.2, -0.15) is 15.4 Å². The van der Waals surface area contributed by atoms with Crippen LogP contribution in [-0.2, 0) is 9.53 Å². The van der Waals surface area contributed by atoms with E-state index < -0.39 is 12.0 Å². The number of nitrogens with zero attached hydrogens (tertiary/aromatic N) is 2. The Morgan fingerprint density at radius 2 is 1.95 bits per heavy atom. The molecule has 0 spiro atoms. The van der Waals surface area contributed by atoms with Gasteiger partial charge < -0.3 is 10.1 Å². The highest BCUT2D eigenvalue weighted by Crippen LogP contribution is 2.12. The molecule has 0 aliphatic heterocycles. The molecule has 1 aromatic carbocycles. The van der Waals surface area contributed by atoms with Crippen LogP contribution >= 0.6 is 0 Å². The number of fused-ring (bicyclic) bond motifs is 1. The highest BCUT2D eigenvalue weighted by Gasteiger charge is 2.25. The monoisotopic (exact) mass is 276 g/mol. The fourth-order valence-corrected chi connectivity index (χ4v) is 1.83. The third-order valence-corrected chi connectivity index (χ3v) is 2.99. The van der Waals surface area contributed by atoms with Crippen LogP contribution < -0.4 is 5.32 Å². The summed E-state index contributed by atoms with van der Waals surface area (Å²) in [4.78, 5) is 23.8. The number of carbonyl (C=O) groups is 2. The number of amides is 1. The van der Waals surface area contributed by atoms with Crippen LogP contribution in [0.15, 0.2) is 18.2 Å². The summed E-state index contributed by atoms with van der Waals surface area (Å²) >= 11 is 0. The molecule has 7 nitrogen and oxygen atoms in total. The highest BCUT2D eigenvalue weighted by molar-refractivity contribution is 5.99. The molecule has 1 heterocycles. The number of carbonyl (C=O) groups excluding carboxylic acids is 2. The maximum Gasteiger partial charge on any atom is 0.328 e. The molecule has 1 atom stereocenters. The molecule has 2 N–H and O–H groups in total. The maximum absolute atomic E-state index is 12.2. The Bertz CT molecular complexity index is 635. The summed E-state index contributed by atoms with van der Waals surface area (Å²) in [5.74, 6) is -0.878. The SMILES string of the molecule is COC(=O)C(NC(=O)c1ccc2n[nH]nc2c1)C(C)C. The number of aromatic nitrogens is 3. The molecule has 7 heteroatoms. The number of rotatable bonds is 4. The molecular formula is C13H16N4O3. The van der Waals surface area contributed by atoms with Gasteiger partial charge in [0.2, 0.25) is 0 Å². The van der Waals surface area contributed by atoms with Gasteiger partial charge in [-0.05, 0) is 24.1 Å². The fraction of sp³-hybridized carbons (Fsp3) is 0.385. The molecule has 0 saturated heterocycles. The van der Waals surface area contributed by atoms with E-state index in [-0.39, 0.29) is 11.8 Å². The zero-order valence-electron chi connectivity index (χ0n) is 11.5. The first-order chi connectivity index (χ1) is 9.52. The molecule has 20 heavy (non-hydrogen) atoms. The van der Waals surface area contributed by atoms with E-state index in [1.165, 1.54) is 7.11 Å². The minimum absolute atomic E-state index is 0.0674. The Morgan fingerprint density at radius 1 is 1.25 bits per heavy atom. The number of nitrogens with one attached hydrogen (secondary N) is 2. The molecule has 1 aromatic heterocycles. The Kier molecular flexibility index (Phi) is 3.97. The molecular weight excluding hydrogens is 260 g/mol. The zero-order chi connectivity index (χ0) is 14.7. The second-order valence-electron chi connectivity index (χ2n) is 4.75. The lowest BCUT2D eigenvalue weighted by molar-refractivity contribution is -0.144. The van der Waals surface area contributed by atoms with Crippen LogP contribution in [0, 0.1) is 5.92 Å². The van der Waals surface area contributed by atoms with Crippen molar-refractivity contribution < 1.29 is 14.3 Å². The van der Waals surface area contributed by atoms with Gasteiger partial charge in [0.05, 0.1) is 7.11 Å². The van der Waals surface area contributed by atoms with E-state index in [0.717, 1.165) is 0 Å². The molecule has 0 aliphatic carbocycles. The van der Waals surface area contributed by atoms with Crippen LogP contribution in [0.3, 0.4) is 0 Å². The van der Waals surface area contributed by atoms with Crippen molar-refractivity contribution >= 4 is 22.9 Å². The van der Waals surface area contributed by atoms with Gasteiger partial charge in [-0.3, -0.25) is 4.79 Å². The number of H-pyrrole nitrogens is 1. The van der Waals surface area contributed by atoms with Crippen molar-refractivity contribution in [2.45, 2.75) is 19.9 Å². The van der Waals surface area contributed by atoms with Crippen molar-refractivity contribution in [2.75, 3.05) is 7.11 Å². The zero-order valence-corrected chi connectivity index (χ0v) is 11.5. The Morgan fingerprint density at radius 3 is 2.60 bits per heavy atom. The lowest BCUT2D eigenvalue weighted by atomic mass is 10.0. The Balaban J connectivity index is 2.19. The second-order valence-corrected chi connectivity index (χ2v) is 4.75. The van der Waals surface area contributed by atoms with Crippen molar-refractivity contribution in [3.8, 4) is 0 Å². The van der Waals surface area contributed by atoms with Crippen LogP contribution in [0.25, 0.3) is 11.0 Å². The van der Waals surface area contributed by atoms with E-state index in [4.69, 9.17) is 0 Å². The number of hydrogen-bond donors (Lipinski definition) is 2. The van der Waals surface area contributed by atoms with E-state index in [0.29, 0.717) is 16.6 Å². The molecule has 106 valence electrons. The number of benzene rings is 1. The van der Waals surface area contributed by atoms with E-state index in [1.807, 2.05) is 13.8 Å². The summed E-state index contributed by atoms with van der Waals surface area (Å²) in [6, 6.07) is 4.26. The lowest BCUT2D eigenvalue weighted by Crippen LogP contribution is -2.45. The number of esters is 1. The van der Waals surface area contributed by atoms with Gasteiger partial charge in [0, 0.05) is 5.56 Å². The lowest BCUT2D eigenvalue weighted by Gasteiger charge is -2.19. The summed E-state index contributed by atoms with van der Waals surface area (Å²) in [6.45, 7) is 3.67. The summed E-state index contributed by atoms with van der Waals surface area (Å²) in [7, 11) is 1.30.